The Hall–Kier alpha value is -2.24. The maximum atomic E-state index is 12.0. The Morgan fingerprint density at radius 2 is 2.11 bits per heavy atom. The van der Waals surface area contributed by atoms with Gasteiger partial charge in [0.25, 0.3) is 5.91 Å². The van der Waals surface area contributed by atoms with Crippen LogP contribution in [0.15, 0.2) is 18.2 Å². The van der Waals surface area contributed by atoms with Crippen molar-refractivity contribution >= 4 is 11.9 Å². The van der Waals surface area contributed by atoms with Crippen molar-refractivity contribution in [2.75, 3.05) is 13.7 Å². The number of amides is 1. The number of carbonyl (C=O) groups is 2. The first kappa shape index (κ1) is 14.8. The van der Waals surface area contributed by atoms with E-state index in [2.05, 4.69) is 5.32 Å². The maximum Gasteiger partial charge on any atom is 0.325 e. The van der Waals surface area contributed by atoms with Gasteiger partial charge in [0.05, 0.1) is 19.3 Å². The van der Waals surface area contributed by atoms with Crippen LogP contribution in [0.2, 0.25) is 0 Å². The standard InChI is InChI=1S/C13H17NO5/c1-4-19-11-7-9(18-3)5-6-10(11)12(15)14-8(2)13(16)17/h5-8H,4H2,1-3H3,(H,14,15)(H,16,17). The molecule has 1 aromatic carbocycles. The number of hydrogen-bond acceptors (Lipinski definition) is 4. The smallest absolute Gasteiger partial charge is 0.325 e. The van der Waals surface area contributed by atoms with Gasteiger partial charge in [0.2, 0.25) is 0 Å². The van der Waals surface area contributed by atoms with Crippen molar-refractivity contribution < 1.29 is 24.2 Å². The van der Waals surface area contributed by atoms with Crippen LogP contribution >= 0.6 is 0 Å². The number of nitrogens with one attached hydrogen (secondary N) is 1. The third kappa shape index (κ3) is 3.87. The Morgan fingerprint density at radius 1 is 1.42 bits per heavy atom. The van der Waals surface area contributed by atoms with Crippen LogP contribution in [0.5, 0.6) is 11.5 Å². The fourth-order valence-corrected chi connectivity index (χ4v) is 1.43. The van der Waals surface area contributed by atoms with Gasteiger partial charge in [0.1, 0.15) is 17.5 Å². The molecule has 2 N–H and O–H groups in total. The molecule has 0 aliphatic rings. The van der Waals surface area contributed by atoms with Crippen LogP contribution in [0.1, 0.15) is 24.2 Å². The van der Waals surface area contributed by atoms with E-state index in [1.54, 1.807) is 19.1 Å². The van der Waals surface area contributed by atoms with Crippen LogP contribution in [0.4, 0.5) is 0 Å². The van der Waals surface area contributed by atoms with Gasteiger partial charge in [-0.05, 0) is 26.0 Å². The zero-order valence-corrected chi connectivity index (χ0v) is 11.1. The Bertz CT molecular complexity index is 472. The predicted molar refractivity (Wildman–Crippen MR) is 68.7 cm³/mol. The van der Waals surface area contributed by atoms with Crippen LogP contribution in [-0.4, -0.2) is 36.7 Å². The van der Waals surface area contributed by atoms with Crippen molar-refractivity contribution in [3.8, 4) is 11.5 Å². The molecule has 0 fully saturated rings. The number of aliphatic carboxylic acids is 1. The molecular formula is C13H17NO5. The topological polar surface area (TPSA) is 84.9 Å². The molecule has 1 atom stereocenters. The van der Waals surface area contributed by atoms with E-state index in [-0.39, 0.29) is 5.56 Å². The molecule has 0 aromatic heterocycles. The van der Waals surface area contributed by atoms with E-state index in [0.29, 0.717) is 18.1 Å². The zero-order chi connectivity index (χ0) is 14.4. The predicted octanol–water partition coefficient (Wildman–Crippen LogP) is 1.30. The van der Waals surface area contributed by atoms with E-state index in [0.717, 1.165) is 0 Å². The molecule has 6 nitrogen and oxygen atoms in total. The van der Waals surface area contributed by atoms with Crippen LogP contribution in [0.3, 0.4) is 0 Å². The number of hydrogen-bond donors (Lipinski definition) is 2. The van der Waals surface area contributed by atoms with Crippen LogP contribution in [-0.2, 0) is 4.79 Å². The molecule has 0 aliphatic carbocycles. The maximum absolute atomic E-state index is 12.0. The largest absolute Gasteiger partial charge is 0.497 e. The van der Waals surface area contributed by atoms with Gasteiger partial charge in [-0.1, -0.05) is 0 Å². The van der Waals surface area contributed by atoms with Gasteiger partial charge < -0.3 is 19.9 Å². The van der Waals surface area contributed by atoms with E-state index in [4.69, 9.17) is 14.6 Å². The summed E-state index contributed by atoms with van der Waals surface area (Å²) in [5.74, 6) is -0.677. The Kier molecular flexibility index (Phi) is 5.17. The molecule has 0 bridgehead atoms. The second-order valence-corrected chi connectivity index (χ2v) is 3.83. The van der Waals surface area contributed by atoms with Crippen LogP contribution in [0, 0.1) is 0 Å². The summed E-state index contributed by atoms with van der Waals surface area (Å²) in [5.41, 5.74) is 0.274. The van der Waals surface area contributed by atoms with Crippen molar-refractivity contribution in [1.82, 2.24) is 5.32 Å². The number of methoxy groups -OCH3 is 1. The zero-order valence-electron chi connectivity index (χ0n) is 11.1. The highest BCUT2D eigenvalue weighted by molar-refractivity contribution is 5.99. The molecule has 0 heterocycles. The first-order chi connectivity index (χ1) is 8.99. The lowest BCUT2D eigenvalue weighted by Crippen LogP contribution is -2.38. The molecule has 104 valence electrons. The van der Waals surface area contributed by atoms with Gasteiger partial charge in [-0.15, -0.1) is 0 Å². The molecule has 1 amide bonds. The average Bonchev–Trinajstić information content (AvgIpc) is 2.38. The first-order valence-electron chi connectivity index (χ1n) is 5.84. The Balaban J connectivity index is 2.98. The number of carbonyl (C=O) groups excluding carboxylic acids is 1. The number of benzene rings is 1. The van der Waals surface area contributed by atoms with E-state index >= 15 is 0 Å². The highest BCUT2D eigenvalue weighted by Crippen LogP contribution is 2.24. The highest BCUT2D eigenvalue weighted by atomic mass is 16.5. The van der Waals surface area contributed by atoms with E-state index in [1.165, 1.54) is 20.1 Å². The van der Waals surface area contributed by atoms with Gasteiger partial charge in [-0.25, -0.2) is 0 Å². The normalized spacial score (nSPS) is 11.5. The summed E-state index contributed by atoms with van der Waals surface area (Å²) in [6, 6.07) is 3.77. The van der Waals surface area contributed by atoms with Gasteiger partial charge in [-0.2, -0.15) is 0 Å². The van der Waals surface area contributed by atoms with Crippen molar-refractivity contribution in [2.45, 2.75) is 19.9 Å². The number of rotatable bonds is 6. The minimum absolute atomic E-state index is 0.274. The Labute approximate surface area is 111 Å². The fourth-order valence-electron chi connectivity index (χ4n) is 1.43. The third-order valence-electron chi connectivity index (χ3n) is 2.45. The SMILES string of the molecule is CCOc1cc(OC)ccc1C(=O)NC(C)C(=O)O. The van der Waals surface area contributed by atoms with Crippen LogP contribution in [0.25, 0.3) is 0 Å². The molecule has 1 unspecified atom stereocenters. The summed E-state index contributed by atoms with van der Waals surface area (Å²) in [4.78, 5) is 22.7. The van der Waals surface area contributed by atoms with Gasteiger partial charge in [0.15, 0.2) is 0 Å². The Morgan fingerprint density at radius 3 is 2.63 bits per heavy atom. The second-order valence-electron chi connectivity index (χ2n) is 3.83. The molecule has 0 saturated carbocycles. The minimum atomic E-state index is -1.10. The molecule has 0 spiro atoms. The van der Waals surface area contributed by atoms with E-state index < -0.39 is 17.9 Å². The molecule has 19 heavy (non-hydrogen) atoms. The second kappa shape index (κ2) is 6.63. The fraction of sp³-hybridized carbons (Fsp3) is 0.385. The first-order valence-corrected chi connectivity index (χ1v) is 5.84. The molecule has 0 saturated heterocycles. The average molecular weight is 267 g/mol. The highest BCUT2D eigenvalue weighted by Gasteiger charge is 2.18. The molecule has 6 heteroatoms. The summed E-state index contributed by atoms with van der Waals surface area (Å²) in [6.07, 6.45) is 0. The molecule has 0 aliphatic heterocycles. The molecular weight excluding hydrogens is 250 g/mol. The van der Waals surface area contributed by atoms with Crippen molar-refractivity contribution in [1.29, 1.82) is 0 Å². The van der Waals surface area contributed by atoms with E-state index in [1.807, 2.05) is 0 Å². The van der Waals surface area contributed by atoms with Crippen molar-refractivity contribution in [3.05, 3.63) is 23.8 Å². The van der Waals surface area contributed by atoms with Crippen molar-refractivity contribution in [3.63, 3.8) is 0 Å². The number of carboxylic acids is 1. The lowest BCUT2D eigenvalue weighted by atomic mass is 10.1. The number of ether oxygens (including phenoxy) is 2. The van der Waals surface area contributed by atoms with Crippen LogP contribution < -0.4 is 14.8 Å². The van der Waals surface area contributed by atoms with Gasteiger partial charge in [0, 0.05) is 6.07 Å². The summed E-state index contributed by atoms with van der Waals surface area (Å²) in [7, 11) is 1.51. The van der Waals surface area contributed by atoms with Gasteiger partial charge in [-0.3, -0.25) is 9.59 Å². The third-order valence-corrected chi connectivity index (χ3v) is 2.45. The molecule has 1 aromatic rings. The molecule has 0 radical (unpaired) electrons. The monoisotopic (exact) mass is 267 g/mol. The van der Waals surface area contributed by atoms with Crippen molar-refractivity contribution in [2.24, 2.45) is 0 Å². The summed E-state index contributed by atoms with van der Waals surface area (Å²) in [5, 5.41) is 11.1. The summed E-state index contributed by atoms with van der Waals surface area (Å²) in [6.45, 7) is 3.58. The molecule has 1 rings (SSSR count). The lowest BCUT2D eigenvalue weighted by molar-refractivity contribution is -0.138. The quantitative estimate of drug-likeness (QED) is 0.811. The summed E-state index contributed by atoms with van der Waals surface area (Å²) >= 11 is 0. The lowest BCUT2D eigenvalue weighted by Gasteiger charge is -2.13. The minimum Gasteiger partial charge on any atom is -0.497 e. The van der Waals surface area contributed by atoms with Gasteiger partial charge >= 0.3 is 5.97 Å². The summed E-state index contributed by atoms with van der Waals surface area (Å²) < 4.78 is 10.4. The number of carboxylic acid groups (broad SMARTS) is 1. The van der Waals surface area contributed by atoms with E-state index in [9.17, 15) is 9.59 Å².